The summed E-state index contributed by atoms with van der Waals surface area (Å²) in [5, 5.41) is 3.80. The van der Waals surface area contributed by atoms with Gasteiger partial charge in [0.2, 0.25) is 0 Å². The first-order valence-corrected chi connectivity index (χ1v) is 7.85. The second kappa shape index (κ2) is 6.56. The van der Waals surface area contributed by atoms with E-state index in [1.807, 2.05) is 12.4 Å². The lowest BCUT2D eigenvalue weighted by Gasteiger charge is -2.35. The minimum Gasteiger partial charge on any atom is -0.338 e. The topological polar surface area (TPSA) is 29.9 Å². The zero-order chi connectivity index (χ0) is 13.7. The number of aryl methyl sites for hydroxylation is 2. The van der Waals surface area contributed by atoms with Crippen LogP contribution in [0.25, 0.3) is 0 Å². The Balaban J connectivity index is 1.95. The fourth-order valence-corrected chi connectivity index (χ4v) is 3.46. The molecular formula is C16H29N3. The summed E-state index contributed by atoms with van der Waals surface area (Å²) in [4.78, 5) is 4.45. The summed E-state index contributed by atoms with van der Waals surface area (Å²) in [7, 11) is 2.09. The van der Waals surface area contributed by atoms with Crippen LogP contribution in [-0.4, -0.2) is 22.1 Å². The Morgan fingerprint density at radius 2 is 2.16 bits per heavy atom. The molecule has 3 heteroatoms. The monoisotopic (exact) mass is 263 g/mol. The third kappa shape index (κ3) is 3.59. The number of rotatable bonds is 7. The highest BCUT2D eigenvalue weighted by atomic mass is 15.0. The number of hydrogen-bond acceptors (Lipinski definition) is 2. The Kier molecular flexibility index (Phi) is 5.03. The predicted octanol–water partition coefficient (Wildman–Crippen LogP) is 3.30. The number of aromatic nitrogens is 2. The van der Waals surface area contributed by atoms with E-state index in [1.54, 1.807) is 0 Å². The fraction of sp³-hybridized carbons (Fsp3) is 0.812. The molecule has 1 aliphatic carbocycles. The molecule has 1 aromatic heterocycles. The Morgan fingerprint density at radius 3 is 2.74 bits per heavy atom. The molecule has 0 aromatic carbocycles. The maximum absolute atomic E-state index is 4.45. The minimum atomic E-state index is 0.500. The summed E-state index contributed by atoms with van der Waals surface area (Å²) < 4.78 is 2.15. The van der Waals surface area contributed by atoms with Crippen molar-refractivity contribution in [2.45, 2.75) is 64.8 Å². The Hall–Kier alpha value is -0.830. The van der Waals surface area contributed by atoms with Crippen LogP contribution in [-0.2, 0) is 13.5 Å². The van der Waals surface area contributed by atoms with E-state index in [0.29, 0.717) is 11.5 Å². The van der Waals surface area contributed by atoms with Crippen LogP contribution >= 0.6 is 0 Å². The molecule has 1 unspecified atom stereocenters. The van der Waals surface area contributed by atoms with Crippen molar-refractivity contribution in [2.75, 3.05) is 6.54 Å². The van der Waals surface area contributed by atoms with Crippen LogP contribution in [0.5, 0.6) is 0 Å². The molecule has 1 atom stereocenters. The first kappa shape index (κ1) is 14.6. The van der Waals surface area contributed by atoms with E-state index < -0.39 is 0 Å². The normalized spacial score (nSPS) is 19.7. The van der Waals surface area contributed by atoms with Crippen molar-refractivity contribution in [3.8, 4) is 0 Å². The van der Waals surface area contributed by atoms with Crippen LogP contribution in [0, 0.1) is 5.41 Å². The summed E-state index contributed by atoms with van der Waals surface area (Å²) in [6, 6.07) is 0.645. The standard InChI is InChI=1S/C16H29N3/c1-4-11-17-14(16(2)9-5-6-10-16)7-8-15-18-12-13-19(15)3/h12-14,17H,4-11H2,1-3H3. The third-order valence-electron chi connectivity index (χ3n) is 4.81. The highest BCUT2D eigenvalue weighted by Gasteiger charge is 2.36. The van der Waals surface area contributed by atoms with Gasteiger partial charge in [-0.25, -0.2) is 4.98 Å². The minimum absolute atomic E-state index is 0.500. The maximum Gasteiger partial charge on any atom is 0.108 e. The highest BCUT2D eigenvalue weighted by Crippen LogP contribution is 2.41. The molecule has 0 bridgehead atoms. The molecule has 0 aliphatic heterocycles. The summed E-state index contributed by atoms with van der Waals surface area (Å²) in [6.45, 7) is 5.87. The van der Waals surface area contributed by atoms with Gasteiger partial charge in [-0.1, -0.05) is 26.7 Å². The molecule has 1 aliphatic rings. The summed E-state index contributed by atoms with van der Waals surface area (Å²) in [5.74, 6) is 1.21. The van der Waals surface area contributed by atoms with Crippen molar-refractivity contribution < 1.29 is 0 Å². The Labute approximate surface area is 117 Å². The van der Waals surface area contributed by atoms with Crippen molar-refractivity contribution in [1.29, 1.82) is 0 Å². The number of nitrogens with zero attached hydrogens (tertiary/aromatic N) is 2. The molecule has 108 valence electrons. The molecule has 0 radical (unpaired) electrons. The van der Waals surface area contributed by atoms with Crippen LogP contribution in [0.4, 0.5) is 0 Å². The number of nitrogens with one attached hydrogen (secondary N) is 1. The molecule has 1 fully saturated rings. The first-order valence-electron chi connectivity index (χ1n) is 7.85. The van der Waals surface area contributed by atoms with E-state index >= 15 is 0 Å². The molecule has 1 saturated carbocycles. The summed E-state index contributed by atoms with van der Waals surface area (Å²) in [6.07, 6.45) is 13.0. The van der Waals surface area contributed by atoms with Gasteiger partial charge in [-0.15, -0.1) is 0 Å². The second-order valence-electron chi connectivity index (χ2n) is 6.36. The fourth-order valence-electron chi connectivity index (χ4n) is 3.46. The van der Waals surface area contributed by atoms with Crippen LogP contribution < -0.4 is 5.32 Å². The average molecular weight is 263 g/mol. The molecule has 1 aromatic rings. The van der Waals surface area contributed by atoms with E-state index in [-0.39, 0.29) is 0 Å². The van der Waals surface area contributed by atoms with Gasteiger partial charge in [0.25, 0.3) is 0 Å². The van der Waals surface area contributed by atoms with Gasteiger partial charge in [0.05, 0.1) is 0 Å². The van der Waals surface area contributed by atoms with E-state index in [0.717, 1.165) is 13.0 Å². The van der Waals surface area contributed by atoms with Crippen molar-refractivity contribution in [3.05, 3.63) is 18.2 Å². The quantitative estimate of drug-likeness (QED) is 0.818. The highest BCUT2D eigenvalue weighted by molar-refractivity contribution is 4.96. The lowest BCUT2D eigenvalue weighted by molar-refractivity contribution is 0.209. The van der Waals surface area contributed by atoms with Gasteiger partial charge in [0.1, 0.15) is 5.82 Å². The molecule has 2 rings (SSSR count). The lowest BCUT2D eigenvalue weighted by Crippen LogP contribution is -2.43. The molecule has 1 N–H and O–H groups in total. The van der Waals surface area contributed by atoms with Gasteiger partial charge in [0, 0.05) is 31.9 Å². The summed E-state index contributed by atoms with van der Waals surface area (Å²) in [5.41, 5.74) is 0.500. The van der Waals surface area contributed by atoms with Gasteiger partial charge in [0.15, 0.2) is 0 Å². The first-order chi connectivity index (χ1) is 9.15. The number of hydrogen-bond donors (Lipinski definition) is 1. The SMILES string of the molecule is CCCNC(CCc1nccn1C)C1(C)CCCC1. The Bertz CT molecular complexity index is 377. The Morgan fingerprint density at radius 1 is 1.42 bits per heavy atom. The van der Waals surface area contributed by atoms with Gasteiger partial charge >= 0.3 is 0 Å². The van der Waals surface area contributed by atoms with Crippen molar-refractivity contribution in [2.24, 2.45) is 12.5 Å². The molecule has 19 heavy (non-hydrogen) atoms. The van der Waals surface area contributed by atoms with E-state index in [1.165, 1.54) is 44.3 Å². The van der Waals surface area contributed by atoms with Crippen LogP contribution in [0.3, 0.4) is 0 Å². The molecule has 0 spiro atoms. The molecular weight excluding hydrogens is 234 g/mol. The van der Waals surface area contributed by atoms with Gasteiger partial charge in [-0.2, -0.15) is 0 Å². The molecule has 1 heterocycles. The van der Waals surface area contributed by atoms with Crippen LogP contribution in [0.2, 0.25) is 0 Å². The molecule has 0 amide bonds. The average Bonchev–Trinajstić information content (AvgIpc) is 3.00. The smallest absolute Gasteiger partial charge is 0.108 e. The van der Waals surface area contributed by atoms with Crippen molar-refractivity contribution in [3.63, 3.8) is 0 Å². The van der Waals surface area contributed by atoms with Gasteiger partial charge in [-0.3, -0.25) is 0 Å². The maximum atomic E-state index is 4.45. The second-order valence-corrected chi connectivity index (χ2v) is 6.36. The molecule has 3 nitrogen and oxygen atoms in total. The summed E-state index contributed by atoms with van der Waals surface area (Å²) >= 11 is 0. The van der Waals surface area contributed by atoms with E-state index in [4.69, 9.17) is 0 Å². The van der Waals surface area contributed by atoms with Crippen LogP contribution in [0.1, 0.15) is 58.2 Å². The molecule has 0 saturated heterocycles. The van der Waals surface area contributed by atoms with Gasteiger partial charge < -0.3 is 9.88 Å². The van der Waals surface area contributed by atoms with Crippen LogP contribution in [0.15, 0.2) is 12.4 Å². The zero-order valence-corrected chi connectivity index (χ0v) is 12.8. The number of imidazole rings is 1. The lowest BCUT2D eigenvalue weighted by atomic mass is 9.78. The van der Waals surface area contributed by atoms with E-state index in [9.17, 15) is 0 Å². The predicted molar refractivity (Wildman–Crippen MR) is 80.2 cm³/mol. The largest absolute Gasteiger partial charge is 0.338 e. The van der Waals surface area contributed by atoms with Crippen molar-refractivity contribution in [1.82, 2.24) is 14.9 Å². The van der Waals surface area contributed by atoms with Gasteiger partial charge in [-0.05, 0) is 37.6 Å². The van der Waals surface area contributed by atoms with E-state index in [2.05, 4.69) is 35.8 Å². The third-order valence-corrected chi connectivity index (χ3v) is 4.81. The van der Waals surface area contributed by atoms with Crippen molar-refractivity contribution >= 4 is 0 Å². The zero-order valence-electron chi connectivity index (χ0n) is 12.8.